The van der Waals surface area contributed by atoms with Crippen molar-refractivity contribution in [1.82, 2.24) is 0 Å². The monoisotopic (exact) mass is 615 g/mol. The first-order valence-corrected chi connectivity index (χ1v) is 16.5. The molecule has 1 aromatic heterocycles. The fourth-order valence-electron chi connectivity index (χ4n) is 5.26. The van der Waals surface area contributed by atoms with Crippen molar-refractivity contribution in [3.8, 4) is 11.1 Å². The van der Waals surface area contributed by atoms with Gasteiger partial charge in [0.05, 0.1) is 0 Å². The number of anilines is 1. The summed E-state index contributed by atoms with van der Waals surface area (Å²) in [4.78, 5) is 1.21. The third-order valence-electron chi connectivity index (χ3n) is 7.53. The molecule has 0 saturated heterocycles. The Morgan fingerprint density at radius 2 is 1.47 bits per heavy atom. The number of allylic oxidation sites excluding steroid dienone is 8. The first kappa shape index (κ1) is 30.0. The Kier molecular flexibility index (Phi) is 9.41. The maximum absolute atomic E-state index is 6.46. The Balaban J connectivity index is 0.000000173. The van der Waals surface area contributed by atoms with Gasteiger partial charge >= 0.3 is 0 Å². The lowest BCUT2D eigenvalue weighted by atomic mass is 9.97. The minimum Gasteiger partial charge on any atom is -0.398 e. The van der Waals surface area contributed by atoms with Gasteiger partial charge in [-0.3, -0.25) is 0 Å². The van der Waals surface area contributed by atoms with Crippen LogP contribution in [-0.4, -0.2) is 0 Å². The van der Waals surface area contributed by atoms with Crippen molar-refractivity contribution in [1.29, 1.82) is 0 Å². The number of benzene rings is 5. The quantitative estimate of drug-likeness (QED) is 0.154. The van der Waals surface area contributed by atoms with Crippen LogP contribution in [-0.2, 0) is 0 Å². The number of thiophene rings is 1. The van der Waals surface area contributed by atoms with Crippen molar-refractivity contribution >= 4 is 66.2 Å². The second kappa shape index (κ2) is 14.1. The molecule has 0 spiro atoms. The van der Waals surface area contributed by atoms with Gasteiger partial charge in [0, 0.05) is 36.3 Å². The van der Waals surface area contributed by atoms with Crippen molar-refractivity contribution in [2.45, 2.75) is 4.90 Å². The molecular weight excluding hydrogens is 583 g/mol. The second-order valence-electron chi connectivity index (χ2n) is 10.5. The van der Waals surface area contributed by atoms with Crippen LogP contribution in [0.1, 0.15) is 16.7 Å². The van der Waals surface area contributed by atoms with Crippen molar-refractivity contribution in [2.24, 2.45) is 0 Å². The molecule has 218 valence electrons. The molecule has 1 nitrogen and oxygen atoms in total. The number of nitrogen functional groups attached to an aromatic ring is 1. The highest BCUT2D eigenvalue weighted by atomic mass is 32.2. The van der Waals surface area contributed by atoms with Gasteiger partial charge in [0.1, 0.15) is 0 Å². The molecule has 0 radical (unpaired) electrons. The Bertz CT molecular complexity index is 2110. The van der Waals surface area contributed by atoms with E-state index in [1.165, 1.54) is 36.2 Å². The van der Waals surface area contributed by atoms with Crippen LogP contribution < -0.4 is 5.73 Å². The largest absolute Gasteiger partial charge is 0.398 e. The molecule has 0 aliphatic carbocycles. The van der Waals surface area contributed by atoms with E-state index in [4.69, 9.17) is 5.73 Å². The summed E-state index contributed by atoms with van der Waals surface area (Å²) in [6.45, 7) is 8.00. The predicted octanol–water partition coefficient (Wildman–Crippen LogP) is 12.5. The zero-order valence-corrected chi connectivity index (χ0v) is 26.5. The van der Waals surface area contributed by atoms with Crippen LogP contribution in [0.2, 0.25) is 0 Å². The fourth-order valence-corrected chi connectivity index (χ4v) is 7.18. The SMILES string of the molecule is C=C/C=C(\C=C/c1ccccc1)c1ccccc1.C=C1/C=C\C=C/Sc2ccc(-c3cc4c(cc3N)sc3ccccc34)cc21. The van der Waals surface area contributed by atoms with Crippen LogP contribution in [0.15, 0.2) is 175 Å². The second-order valence-corrected chi connectivity index (χ2v) is 12.6. The zero-order chi connectivity index (χ0) is 31.0. The normalized spacial score (nSPS) is 14.3. The lowest BCUT2D eigenvalue weighted by Crippen LogP contribution is -1.92. The summed E-state index contributed by atoms with van der Waals surface area (Å²) in [6.07, 6.45) is 14.2. The highest BCUT2D eigenvalue weighted by Crippen LogP contribution is 2.41. The Morgan fingerprint density at radius 1 is 0.711 bits per heavy atom. The summed E-state index contributed by atoms with van der Waals surface area (Å²) in [5, 5.41) is 4.65. The standard InChI is InChI=1S/C24H17NS2.C18H16/c1-15-6-4-5-11-26-22-10-9-16(12-18(15)22)19-13-20-17-7-2-3-8-23(17)27-24(20)14-21(19)25;1-2-9-17(18-12-7-4-8-13-18)15-14-16-10-5-3-6-11-16/h2-14H,1,25H2;2-15H,1H2/b6-4-,11-5-;15-14-,17-9+. The number of hydrogen-bond acceptors (Lipinski definition) is 3. The predicted molar refractivity (Wildman–Crippen MR) is 202 cm³/mol. The number of fused-ring (bicyclic) bond motifs is 4. The van der Waals surface area contributed by atoms with E-state index in [1.54, 1.807) is 23.1 Å². The molecule has 2 heterocycles. The van der Waals surface area contributed by atoms with Crippen LogP contribution in [0.25, 0.3) is 48.5 Å². The summed E-state index contributed by atoms with van der Waals surface area (Å²) in [6, 6.07) is 40.0. The molecule has 0 unspecified atom stereocenters. The minimum absolute atomic E-state index is 0.813. The van der Waals surface area contributed by atoms with Crippen LogP contribution in [0.4, 0.5) is 5.69 Å². The third-order valence-corrected chi connectivity index (χ3v) is 9.56. The van der Waals surface area contributed by atoms with Gasteiger partial charge in [0.25, 0.3) is 0 Å². The van der Waals surface area contributed by atoms with Crippen LogP contribution in [0.3, 0.4) is 0 Å². The van der Waals surface area contributed by atoms with Gasteiger partial charge in [-0.05, 0) is 69.1 Å². The van der Waals surface area contributed by atoms with Gasteiger partial charge < -0.3 is 5.73 Å². The third kappa shape index (κ3) is 7.02. The van der Waals surface area contributed by atoms with E-state index < -0.39 is 0 Å². The number of nitrogens with two attached hydrogens (primary N) is 1. The van der Waals surface area contributed by atoms with Crippen molar-refractivity contribution in [2.75, 3.05) is 5.73 Å². The molecule has 1 aliphatic rings. The molecule has 0 saturated carbocycles. The topological polar surface area (TPSA) is 26.0 Å². The van der Waals surface area contributed by atoms with Gasteiger partial charge in [-0.15, -0.1) is 11.3 Å². The average Bonchev–Trinajstić information content (AvgIpc) is 3.43. The lowest BCUT2D eigenvalue weighted by Gasteiger charge is -2.13. The van der Waals surface area contributed by atoms with Crippen molar-refractivity contribution < 1.29 is 0 Å². The van der Waals surface area contributed by atoms with Crippen molar-refractivity contribution in [3.05, 3.63) is 187 Å². The molecule has 5 aromatic carbocycles. The average molecular weight is 616 g/mol. The molecule has 0 fully saturated rings. The fraction of sp³-hybridized carbons (Fsp3) is 0. The molecule has 3 heteroatoms. The highest BCUT2D eigenvalue weighted by Gasteiger charge is 2.13. The van der Waals surface area contributed by atoms with E-state index in [2.05, 4.69) is 116 Å². The van der Waals surface area contributed by atoms with Gasteiger partial charge in [0.15, 0.2) is 0 Å². The summed E-state index contributed by atoms with van der Waals surface area (Å²) in [5.74, 6) is 0. The van der Waals surface area contributed by atoms with E-state index in [9.17, 15) is 0 Å². The van der Waals surface area contributed by atoms with Gasteiger partial charge in [0.2, 0.25) is 0 Å². The Labute approximate surface area is 273 Å². The number of hydrogen-bond donors (Lipinski definition) is 1. The molecule has 0 atom stereocenters. The lowest BCUT2D eigenvalue weighted by molar-refractivity contribution is 1.41. The van der Waals surface area contributed by atoms with Gasteiger partial charge in [-0.25, -0.2) is 0 Å². The molecule has 6 aromatic rings. The van der Waals surface area contributed by atoms with Crippen LogP contribution in [0.5, 0.6) is 0 Å². The Morgan fingerprint density at radius 3 is 2.27 bits per heavy atom. The molecule has 0 bridgehead atoms. The van der Waals surface area contributed by atoms with Crippen LogP contribution >= 0.6 is 23.1 Å². The molecule has 45 heavy (non-hydrogen) atoms. The van der Waals surface area contributed by atoms with E-state index in [-0.39, 0.29) is 0 Å². The minimum atomic E-state index is 0.813. The smallest absolute Gasteiger partial charge is 0.0408 e. The van der Waals surface area contributed by atoms with E-state index >= 15 is 0 Å². The first-order chi connectivity index (χ1) is 22.1. The van der Waals surface area contributed by atoms with Gasteiger partial charge in [-0.1, -0.05) is 152 Å². The molecule has 0 amide bonds. The van der Waals surface area contributed by atoms with E-state index in [1.807, 2.05) is 60.7 Å². The first-order valence-electron chi connectivity index (χ1n) is 14.8. The van der Waals surface area contributed by atoms with Gasteiger partial charge in [-0.2, -0.15) is 0 Å². The molecule has 1 aliphatic heterocycles. The van der Waals surface area contributed by atoms with E-state index in [0.29, 0.717) is 0 Å². The van der Waals surface area contributed by atoms with Crippen LogP contribution in [0, 0.1) is 0 Å². The summed E-state index contributed by atoms with van der Waals surface area (Å²) < 4.78 is 2.53. The maximum Gasteiger partial charge on any atom is 0.0408 e. The summed E-state index contributed by atoms with van der Waals surface area (Å²) >= 11 is 3.51. The zero-order valence-electron chi connectivity index (χ0n) is 24.9. The van der Waals surface area contributed by atoms with E-state index in [0.717, 1.165) is 33.5 Å². The molecule has 7 rings (SSSR count). The molecule has 2 N–H and O–H groups in total. The highest BCUT2D eigenvalue weighted by molar-refractivity contribution is 8.02. The number of rotatable bonds is 5. The summed E-state index contributed by atoms with van der Waals surface area (Å²) in [5.41, 5.74) is 15.2. The van der Waals surface area contributed by atoms with Crippen molar-refractivity contribution in [3.63, 3.8) is 0 Å². The maximum atomic E-state index is 6.46. The Hall–Kier alpha value is -5.09. The molecular formula is C42H33NS2. The number of thioether (sulfide) groups is 1. The summed E-state index contributed by atoms with van der Waals surface area (Å²) in [7, 11) is 0.